The van der Waals surface area contributed by atoms with Crippen molar-refractivity contribution in [3.63, 3.8) is 0 Å². The van der Waals surface area contributed by atoms with Gasteiger partial charge in [0.1, 0.15) is 11.6 Å². The van der Waals surface area contributed by atoms with E-state index in [0.29, 0.717) is 24.5 Å². The first kappa shape index (κ1) is 24.3. The van der Waals surface area contributed by atoms with Crippen LogP contribution in [0.3, 0.4) is 0 Å². The number of hydrogen-bond acceptors (Lipinski definition) is 4. The number of benzene rings is 1. The minimum Gasteiger partial charge on any atom is -0.391 e. The van der Waals surface area contributed by atoms with Crippen LogP contribution in [0.4, 0.5) is 8.78 Å². The van der Waals surface area contributed by atoms with E-state index in [1.54, 1.807) is 4.90 Å². The van der Waals surface area contributed by atoms with E-state index in [4.69, 9.17) is 4.99 Å². The summed E-state index contributed by atoms with van der Waals surface area (Å²) < 4.78 is 27.1. The normalized spacial score (nSPS) is 16.4. The van der Waals surface area contributed by atoms with Gasteiger partial charge in [0.05, 0.1) is 17.8 Å². The van der Waals surface area contributed by atoms with E-state index in [9.17, 15) is 13.6 Å². The molecule has 1 aromatic carbocycles. The van der Waals surface area contributed by atoms with Gasteiger partial charge in [-0.15, -0.1) is 0 Å². The minimum atomic E-state index is -0.696. The summed E-state index contributed by atoms with van der Waals surface area (Å²) in [7, 11) is 0. The first-order chi connectivity index (χ1) is 14.8. The number of nitrogens with one attached hydrogen (secondary N) is 2. The van der Waals surface area contributed by atoms with Gasteiger partial charge in [0, 0.05) is 31.9 Å². The van der Waals surface area contributed by atoms with Crippen molar-refractivity contribution in [2.24, 2.45) is 4.99 Å². The van der Waals surface area contributed by atoms with Gasteiger partial charge in [-0.2, -0.15) is 0 Å². The Morgan fingerprint density at radius 1 is 1.23 bits per heavy atom. The second kappa shape index (κ2) is 11.4. The third-order valence-electron chi connectivity index (χ3n) is 4.81. The molecule has 0 bridgehead atoms. The molecule has 1 aliphatic rings. The largest absolute Gasteiger partial charge is 0.391 e. The number of aliphatic imine (C=N–C) groups is 1. The molecule has 1 aliphatic heterocycles. The predicted molar refractivity (Wildman–Crippen MR) is 121 cm³/mol. The number of hydrogen-bond donors (Lipinski definition) is 2. The smallest absolute Gasteiger partial charge is 0.232 e. The van der Waals surface area contributed by atoms with Crippen LogP contribution < -0.4 is 10.6 Å². The summed E-state index contributed by atoms with van der Waals surface area (Å²) in [6.07, 6.45) is 4.72. The Kier molecular flexibility index (Phi) is 8.97. The Morgan fingerprint density at radius 2 is 1.90 bits per heavy atom. The maximum Gasteiger partial charge on any atom is 0.232 e. The second-order valence-electron chi connectivity index (χ2n) is 7.69. The molecule has 5 nitrogen and oxygen atoms in total. The summed E-state index contributed by atoms with van der Waals surface area (Å²) in [5, 5.41) is 6.58. The summed E-state index contributed by atoms with van der Waals surface area (Å²) >= 11 is 0. The van der Waals surface area contributed by atoms with E-state index in [0.717, 1.165) is 41.6 Å². The van der Waals surface area contributed by atoms with Crippen LogP contribution in [-0.2, 0) is 11.2 Å². The molecule has 0 atom stereocenters. The summed E-state index contributed by atoms with van der Waals surface area (Å²) in [4.78, 5) is 19.5. The average molecular weight is 431 g/mol. The Labute approximate surface area is 183 Å². The van der Waals surface area contributed by atoms with E-state index >= 15 is 0 Å². The number of nitrogens with zero attached hydrogens (tertiary/aromatic N) is 2. The van der Waals surface area contributed by atoms with Gasteiger partial charge in [-0.05, 0) is 63.0 Å². The van der Waals surface area contributed by atoms with Crippen LogP contribution in [0.2, 0.25) is 0 Å². The third kappa shape index (κ3) is 6.77. The van der Waals surface area contributed by atoms with E-state index in [-0.39, 0.29) is 12.3 Å². The van der Waals surface area contributed by atoms with Crippen LogP contribution in [0.1, 0.15) is 46.6 Å². The van der Waals surface area contributed by atoms with Crippen molar-refractivity contribution >= 4 is 11.7 Å². The summed E-state index contributed by atoms with van der Waals surface area (Å²) in [5.74, 6) is -1.13. The van der Waals surface area contributed by atoms with Gasteiger partial charge in [0.25, 0.3) is 0 Å². The molecule has 2 N–H and O–H groups in total. The van der Waals surface area contributed by atoms with E-state index in [1.807, 2.05) is 40.0 Å². The van der Waals surface area contributed by atoms with Crippen LogP contribution in [-0.4, -0.2) is 36.3 Å². The number of rotatable bonds is 7. The molecule has 1 saturated heterocycles. The summed E-state index contributed by atoms with van der Waals surface area (Å²) in [6, 6.07) is 3.17. The lowest BCUT2D eigenvalue weighted by atomic mass is 10.1. The van der Waals surface area contributed by atoms with Gasteiger partial charge >= 0.3 is 0 Å². The molecule has 1 heterocycles. The minimum absolute atomic E-state index is 0.109. The highest BCUT2D eigenvalue weighted by Crippen LogP contribution is 2.19. The van der Waals surface area contributed by atoms with Crippen molar-refractivity contribution in [2.45, 2.75) is 47.5 Å². The molecular weight excluding hydrogens is 398 g/mol. The van der Waals surface area contributed by atoms with E-state index in [2.05, 4.69) is 17.6 Å². The summed E-state index contributed by atoms with van der Waals surface area (Å²) in [6.45, 7) is 11.7. The highest BCUT2D eigenvalue weighted by molar-refractivity contribution is 6.09. The van der Waals surface area contributed by atoms with Crippen LogP contribution in [0.15, 0.2) is 58.0 Å². The molecule has 0 radical (unpaired) electrons. The number of amidine groups is 1. The van der Waals surface area contributed by atoms with Crippen molar-refractivity contribution in [2.75, 3.05) is 19.6 Å². The zero-order valence-electron chi connectivity index (χ0n) is 19.0. The van der Waals surface area contributed by atoms with Gasteiger partial charge in [-0.3, -0.25) is 9.69 Å². The monoisotopic (exact) mass is 430 g/mol. The number of amides is 1. The SMILES string of the molecule is C/C=C(N=C1C(=C(C)C)NCCN1C(=O)Cc1cc(F)cc(F)c1)/C(C)=C/NCCC. The van der Waals surface area contributed by atoms with Gasteiger partial charge in [0.2, 0.25) is 5.91 Å². The molecule has 0 spiro atoms. The molecule has 2 rings (SSSR count). The second-order valence-corrected chi connectivity index (χ2v) is 7.69. The first-order valence-corrected chi connectivity index (χ1v) is 10.6. The van der Waals surface area contributed by atoms with Crippen LogP contribution in [0.5, 0.6) is 0 Å². The summed E-state index contributed by atoms with van der Waals surface area (Å²) in [5.41, 5.74) is 3.77. The van der Waals surface area contributed by atoms with Crippen molar-refractivity contribution in [3.05, 3.63) is 70.2 Å². The Hall–Kier alpha value is -2.96. The van der Waals surface area contributed by atoms with Crippen LogP contribution in [0.25, 0.3) is 0 Å². The Bertz CT molecular complexity index is 907. The lowest BCUT2D eigenvalue weighted by Crippen LogP contribution is -2.50. The fourth-order valence-corrected chi connectivity index (χ4v) is 3.29. The van der Waals surface area contributed by atoms with E-state index < -0.39 is 11.6 Å². The Morgan fingerprint density at radius 3 is 2.48 bits per heavy atom. The molecule has 1 fully saturated rings. The number of carbonyl (C=O) groups excluding carboxylic acids is 1. The molecule has 31 heavy (non-hydrogen) atoms. The molecule has 168 valence electrons. The van der Waals surface area contributed by atoms with Gasteiger partial charge in [-0.25, -0.2) is 13.8 Å². The fraction of sp³-hybridized carbons (Fsp3) is 0.417. The number of carbonyl (C=O) groups is 1. The lowest BCUT2D eigenvalue weighted by Gasteiger charge is -2.32. The number of allylic oxidation sites excluding steroid dienone is 3. The quantitative estimate of drug-likeness (QED) is 0.497. The maximum absolute atomic E-state index is 13.6. The molecular formula is C24H32F2N4O. The van der Waals surface area contributed by atoms with Crippen molar-refractivity contribution in [3.8, 4) is 0 Å². The van der Waals surface area contributed by atoms with Crippen LogP contribution in [0, 0.1) is 11.6 Å². The lowest BCUT2D eigenvalue weighted by molar-refractivity contribution is -0.126. The third-order valence-corrected chi connectivity index (χ3v) is 4.81. The topological polar surface area (TPSA) is 56.7 Å². The highest BCUT2D eigenvalue weighted by Gasteiger charge is 2.28. The van der Waals surface area contributed by atoms with Crippen molar-refractivity contribution in [1.82, 2.24) is 15.5 Å². The first-order valence-electron chi connectivity index (χ1n) is 10.6. The number of piperazine rings is 1. The Balaban J connectivity index is 2.40. The van der Waals surface area contributed by atoms with Crippen molar-refractivity contribution < 1.29 is 13.6 Å². The highest BCUT2D eigenvalue weighted by atomic mass is 19.1. The molecule has 0 aliphatic carbocycles. The van der Waals surface area contributed by atoms with E-state index in [1.165, 1.54) is 12.1 Å². The average Bonchev–Trinajstić information content (AvgIpc) is 2.70. The maximum atomic E-state index is 13.6. The van der Waals surface area contributed by atoms with Gasteiger partial charge in [-0.1, -0.05) is 13.0 Å². The zero-order chi connectivity index (χ0) is 23.0. The number of halogens is 2. The van der Waals surface area contributed by atoms with Crippen LogP contribution >= 0.6 is 0 Å². The predicted octanol–water partition coefficient (Wildman–Crippen LogP) is 4.44. The van der Waals surface area contributed by atoms with Crippen molar-refractivity contribution in [1.29, 1.82) is 0 Å². The standard InChI is InChI=1S/C24H32F2N4O/c1-6-8-27-15-17(5)21(7-2)29-24-23(16(3)4)28-9-10-30(24)22(31)13-18-11-19(25)14-20(26)12-18/h7,11-12,14-15,27-28H,6,8-10,13H2,1-5H3/b17-15+,21-7-,29-24?. The molecule has 1 amide bonds. The zero-order valence-corrected chi connectivity index (χ0v) is 19.0. The fourth-order valence-electron chi connectivity index (χ4n) is 3.29. The molecule has 0 aromatic heterocycles. The molecule has 1 aromatic rings. The molecule has 0 unspecified atom stereocenters. The van der Waals surface area contributed by atoms with Gasteiger partial charge < -0.3 is 10.6 Å². The molecule has 0 saturated carbocycles. The molecule has 7 heteroatoms. The van der Waals surface area contributed by atoms with Gasteiger partial charge in [0.15, 0.2) is 5.84 Å².